The Hall–Kier alpha value is -1.78. The summed E-state index contributed by atoms with van der Waals surface area (Å²) in [6.07, 6.45) is 1.94. The van der Waals surface area contributed by atoms with Crippen LogP contribution in [0.3, 0.4) is 0 Å². The van der Waals surface area contributed by atoms with Crippen LogP contribution in [-0.4, -0.2) is 23.0 Å². The molecule has 2 N–H and O–H groups in total. The first-order chi connectivity index (χ1) is 8.43. The zero-order chi connectivity index (χ0) is 13.7. The number of rotatable bonds is 6. The number of amides is 1. The van der Waals surface area contributed by atoms with Gasteiger partial charge >= 0.3 is 5.97 Å². The van der Waals surface area contributed by atoms with Gasteiger partial charge in [0, 0.05) is 6.04 Å². The minimum absolute atomic E-state index is 0.0309. The van der Waals surface area contributed by atoms with E-state index in [1.165, 1.54) is 12.1 Å². The van der Waals surface area contributed by atoms with Crippen LogP contribution >= 0.6 is 0 Å². The Bertz CT molecular complexity index is 424. The van der Waals surface area contributed by atoms with E-state index < -0.39 is 5.97 Å². The van der Waals surface area contributed by atoms with E-state index in [-0.39, 0.29) is 23.5 Å². The SMILES string of the molecule is CCC(C)CC(C)NC(=O)c1ccc(C(=O)O)o1. The number of nitrogens with one attached hydrogen (secondary N) is 1. The van der Waals surface area contributed by atoms with Crippen molar-refractivity contribution in [1.29, 1.82) is 0 Å². The van der Waals surface area contributed by atoms with Crippen molar-refractivity contribution in [3.8, 4) is 0 Å². The molecule has 100 valence electrons. The summed E-state index contributed by atoms with van der Waals surface area (Å²) in [5.74, 6) is -1.22. The third kappa shape index (κ3) is 3.91. The third-order valence-corrected chi connectivity index (χ3v) is 2.87. The lowest BCUT2D eigenvalue weighted by Gasteiger charge is -2.16. The standard InChI is InChI=1S/C13H19NO4/c1-4-8(2)7-9(3)14-12(15)10-5-6-11(18-10)13(16)17/h5-6,8-9H,4,7H2,1-3H3,(H,14,15)(H,16,17). The second-order valence-corrected chi connectivity index (χ2v) is 4.59. The molecule has 2 atom stereocenters. The van der Waals surface area contributed by atoms with E-state index in [0.29, 0.717) is 5.92 Å². The average Bonchev–Trinajstić information content (AvgIpc) is 2.77. The van der Waals surface area contributed by atoms with Crippen molar-refractivity contribution >= 4 is 11.9 Å². The Morgan fingerprint density at radius 2 is 1.94 bits per heavy atom. The molecule has 1 aromatic heterocycles. The molecule has 18 heavy (non-hydrogen) atoms. The number of carboxylic acids is 1. The van der Waals surface area contributed by atoms with Gasteiger partial charge in [-0.05, 0) is 31.4 Å². The van der Waals surface area contributed by atoms with Gasteiger partial charge in [0.2, 0.25) is 5.76 Å². The maximum atomic E-state index is 11.8. The maximum Gasteiger partial charge on any atom is 0.371 e. The number of carboxylic acid groups (broad SMARTS) is 1. The number of aromatic carboxylic acids is 1. The topological polar surface area (TPSA) is 79.5 Å². The van der Waals surface area contributed by atoms with E-state index in [0.717, 1.165) is 12.8 Å². The molecular formula is C13H19NO4. The molecule has 0 aromatic carbocycles. The van der Waals surface area contributed by atoms with Crippen LogP contribution in [0.2, 0.25) is 0 Å². The van der Waals surface area contributed by atoms with E-state index in [9.17, 15) is 9.59 Å². The number of carbonyl (C=O) groups is 2. The van der Waals surface area contributed by atoms with Gasteiger partial charge in [-0.3, -0.25) is 4.79 Å². The lowest BCUT2D eigenvalue weighted by molar-refractivity contribution is 0.0659. The van der Waals surface area contributed by atoms with Crippen LogP contribution in [0.5, 0.6) is 0 Å². The summed E-state index contributed by atoms with van der Waals surface area (Å²) in [5.41, 5.74) is 0. The van der Waals surface area contributed by atoms with Gasteiger partial charge in [-0.1, -0.05) is 20.3 Å². The van der Waals surface area contributed by atoms with Gasteiger partial charge in [0.05, 0.1) is 0 Å². The number of furan rings is 1. The van der Waals surface area contributed by atoms with Crippen molar-refractivity contribution in [2.24, 2.45) is 5.92 Å². The van der Waals surface area contributed by atoms with Gasteiger partial charge in [0.1, 0.15) is 0 Å². The first-order valence-corrected chi connectivity index (χ1v) is 6.08. The third-order valence-electron chi connectivity index (χ3n) is 2.87. The van der Waals surface area contributed by atoms with Crippen LogP contribution in [0, 0.1) is 5.92 Å². The van der Waals surface area contributed by atoms with Gasteiger partial charge in [0.25, 0.3) is 5.91 Å². The molecule has 0 spiro atoms. The molecule has 1 heterocycles. The van der Waals surface area contributed by atoms with Gasteiger partial charge < -0.3 is 14.8 Å². The summed E-state index contributed by atoms with van der Waals surface area (Å²) in [5, 5.41) is 11.5. The van der Waals surface area contributed by atoms with Crippen molar-refractivity contribution < 1.29 is 19.1 Å². The molecule has 0 bridgehead atoms. The monoisotopic (exact) mass is 253 g/mol. The fourth-order valence-corrected chi connectivity index (χ4v) is 1.70. The molecule has 0 saturated heterocycles. The van der Waals surface area contributed by atoms with E-state index >= 15 is 0 Å². The number of hydrogen-bond acceptors (Lipinski definition) is 3. The lowest BCUT2D eigenvalue weighted by atomic mass is 10.0. The van der Waals surface area contributed by atoms with Crippen LogP contribution in [0.1, 0.15) is 54.7 Å². The van der Waals surface area contributed by atoms with Crippen molar-refractivity contribution in [1.82, 2.24) is 5.32 Å². The van der Waals surface area contributed by atoms with Crippen LogP contribution in [0.4, 0.5) is 0 Å². The van der Waals surface area contributed by atoms with Gasteiger partial charge in [-0.25, -0.2) is 4.79 Å². The predicted octanol–water partition coefficient (Wildman–Crippen LogP) is 2.53. The molecule has 1 amide bonds. The first kappa shape index (κ1) is 14.3. The molecular weight excluding hydrogens is 234 g/mol. The normalized spacial score (nSPS) is 13.9. The molecule has 5 heteroatoms. The summed E-state index contributed by atoms with van der Waals surface area (Å²) >= 11 is 0. The second kappa shape index (κ2) is 6.23. The Labute approximate surface area is 106 Å². The Morgan fingerprint density at radius 1 is 1.33 bits per heavy atom. The molecule has 0 fully saturated rings. The number of carbonyl (C=O) groups excluding carboxylic acids is 1. The van der Waals surface area contributed by atoms with Crippen LogP contribution in [-0.2, 0) is 0 Å². The van der Waals surface area contributed by atoms with Gasteiger partial charge in [-0.2, -0.15) is 0 Å². The lowest BCUT2D eigenvalue weighted by Crippen LogP contribution is -2.33. The summed E-state index contributed by atoms with van der Waals surface area (Å²) in [4.78, 5) is 22.4. The van der Waals surface area contributed by atoms with Crippen LogP contribution < -0.4 is 5.32 Å². The molecule has 0 aliphatic rings. The predicted molar refractivity (Wildman–Crippen MR) is 66.7 cm³/mol. The van der Waals surface area contributed by atoms with Crippen molar-refractivity contribution in [3.63, 3.8) is 0 Å². The summed E-state index contributed by atoms with van der Waals surface area (Å²) < 4.78 is 4.93. The highest BCUT2D eigenvalue weighted by atomic mass is 16.4. The Morgan fingerprint density at radius 3 is 2.44 bits per heavy atom. The average molecular weight is 253 g/mol. The minimum atomic E-state index is -1.18. The molecule has 1 aromatic rings. The first-order valence-electron chi connectivity index (χ1n) is 6.08. The highest BCUT2D eigenvalue weighted by molar-refractivity contribution is 5.93. The molecule has 2 unspecified atom stereocenters. The Kier molecular flexibility index (Phi) is 4.95. The number of hydrogen-bond donors (Lipinski definition) is 2. The molecule has 1 rings (SSSR count). The van der Waals surface area contributed by atoms with Crippen molar-refractivity contribution in [2.45, 2.75) is 39.7 Å². The highest BCUT2D eigenvalue weighted by Gasteiger charge is 2.17. The van der Waals surface area contributed by atoms with Gasteiger partial charge in [0.15, 0.2) is 5.76 Å². The van der Waals surface area contributed by atoms with Crippen molar-refractivity contribution in [3.05, 3.63) is 23.7 Å². The van der Waals surface area contributed by atoms with E-state index in [1.807, 2.05) is 6.92 Å². The zero-order valence-corrected chi connectivity index (χ0v) is 10.9. The van der Waals surface area contributed by atoms with Crippen LogP contribution in [0.25, 0.3) is 0 Å². The second-order valence-electron chi connectivity index (χ2n) is 4.59. The molecule has 0 saturated carbocycles. The fourth-order valence-electron chi connectivity index (χ4n) is 1.70. The smallest absolute Gasteiger partial charge is 0.371 e. The fraction of sp³-hybridized carbons (Fsp3) is 0.538. The zero-order valence-electron chi connectivity index (χ0n) is 10.9. The Balaban J connectivity index is 2.56. The molecule has 0 aliphatic carbocycles. The van der Waals surface area contributed by atoms with E-state index in [1.54, 1.807) is 0 Å². The largest absolute Gasteiger partial charge is 0.475 e. The quantitative estimate of drug-likeness (QED) is 0.816. The molecule has 0 radical (unpaired) electrons. The van der Waals surface area contributed by atoms with E-state index in [2.05, 4.69) is 19.2 Å². The van der Waals surface area contributed by atoms with Crippen molar-refractivity contribution in [2.75, 3.05) is 0 Å². The summed E-state index contributed by atoms with van der Waals surface area (Å²) in [6.45, 7) is 6.15. The van der Waals surface area contributed by atoms with Crippen LogP contribution in [0.15, 0.2) is 16.5 Å². The maximum absolute atomic E-state index is 11.8. The highest BCUT2D eigenvalue weighted by Crippen LogP contribution is 2.11. The summed E-state index contributed by atoms with van der Waals surface area (Å²) in [7, 11) is 0. The van der Waals surface area contributed by atoms with E-state index in [4.69, 9.17) is 9.52 Å². The molecule has 5 nitrogen and oxygen atoms in total. The minimum Gasteiger partial charge on any atom is -0.475 e. The summed E-state index contributed by atoms with van der Waals surface area (Å²) in [6, 6.07) is 2.68. The molecule has 0 aliphatic heterocycles. The van der Waals surface area contributed by atoms with Gasteiger partial charge in [-0.15, -0.1) is 0 Å².